The number of ether oxygens (including phenoxy) is 1. The number of nitrogens with one attached hydrogen (secondary N) is 1. The molecular weight excluding hydrogens is 288 g/mol. The third-order valence-corrected chi connectivity index (χ3v) is 3.69. The van der Waals surface area contributed by atoms with Crippen LogP contribution in [0.2, 0.25) is 0 Å². The topological polar surface area (TPSA) is 68.3 Å². The van der Waals surface area contributed by atoms with Crippen LogP contribution < -0.4 is 5.32 Å². The van der Waals surface area contributed by atoms with Gasteiger partial charge in [0, 0.05) is 17.5 Å². The number of aryl methyl sites for hydroxylation is 2. The number of anilines is 1. The smallest absolute Gasteiger partial charge is 0.337 e. The quantitative estimate of drug-likeness (QED) is 0.862. The summed E-state index contributed by atoms with van der Waals surface area (Å²) in [4.78, 5) is 27.5. The molecule has 1 aromatic heterocycles. The molecule has 2 aromatic rings. The highest BCUT2D eigenvalue weighted by atomic mass is 32.1. The number of thiazole rings is 1. The molecule has 1 aromatic carbocycles. The molecule has 0 bridgehead atoms. The van der Waals surface area contributed by atoms with Crippen LogP contribution in [0.1, 0.15) is 27.5 Å². The molecular formula is C15H16N2O3S. The number of rotatable bonds is 5. The number of hydrogen-bond donors (Lipinski definition) is 1. The van der Waals surface area contributed by atoms with Crippen molar-refractivity contribution in [3.8, 4) is 0 Å². The lowest BCUT2D eigenvalue weighted by molar-refractivity contribution is -0.116. The molecule has 0 radical (unpaired) electrons. The second-order valence-corrected chi connectivity index (χ2v) is 5.54. The standard InChI is InChI=1S/C15H16N2O3S/c1-10-16-13(9-21-10)7-8-14(18)17-12-5-3-11(4-6-12)15(19)20-2/h3-6,9H,7-8H2,1-2H3,(H,17,18). The molecule has 1 amide bonds. The summed E-state index contributed by atoms with van der Waals surface area (Å²) in [5, 5.41) is 5.76. The Kier molecular flexibility index (Phi) is 5.05. The Hall–Kier alpha value is -2.21. The number of nitrogens with zero attached hydrogens (tertiary/aromatic N) is 1. The Balaban J connectivity index is 1.86. The number of aromatic nitrogens is 1. The number of carbonyl (C=O) groups is 2. The SMILES string of the molecule is COC(=O)c1ccc(NC(=O)CCc2csc(C)n2)cc1. The van der Waals surface area contributed by atoms with Crippen LogP contribution in [-0.4, -0.2) is 24.0 Å². The van der Waals surface area contributed by atoms with E-state index in [1.54, 1.807) is 35.6 Å². The highest BCUT2D eigenvalue weighted by molar-refractivity contribution is 7.09. The highest BCUT2D eigenvalue weighted by Crippen LogP contribution is 2.13. The number of esters is 1. The van der Waals surface area contributed by atoms with Crippen LogP contribution in [0.15, 0.2) is 29.6 Å². The van der Waals surface area contributed by atoms with E-state index in [4.69, 9.17) is 0 Å². The molecule has 0 aliphatic rings. The van der Waals surface area contributed by atoms with Gasteiger partial charge in [-0.05, 0) is 37.6 Å². The molecule has 21 heavy (non-hydrogen) atoms. The third kappa shape index (κ3) is 4.39. The average Bonchev–Trinajstić information content (AvgIpc) is 2.91. The fourth-order valence-corrected chi connectivity index (χ4v) is 2.44. The van der Waals surface area contributed by atoms with E-state index in [-0.39, 0.29) is 5.91 Å². The summed E-state index contributed by atoms with van der Waals surface area (Å²) in [5.74, 6) is -0.474. The Morgan fingerprint density at radius 3 is 2.57 bits per heavy atom. The second-order valence-electron chi connectivity index (χ2n) is 4.47. The van der Waals surface area contributed by atoms with E-state index in [1.165, 1.54) is 7.11 Å². The minimum atomic E-state index is -0.397. The molecule has 110 valence electrons. The van der Waals surface area contributed by atoms with E-state index in [0.717, 1.165) is 10.7 Å². The minimum Gasteiger partial charge on any atom is -0.465 e. The zero-order valence-electron chi connectivity index (χ0n) is 11.9. The molecule has 0 unspecified atom stereocenters. The molecule has 0 saturated carbocycles. The predicted octanol–water partition coefficient (Wildman–Crippen LogP) is 2.81. The van der Waals surface area contributed by atoms with Crippen LogP contribution in [0, 0.1) is 6.92 Å². The number of benzene rings is 1. The van der Waals surface area contributed by atoms with Gasteiger partial charge in [-0.15, -0.1) is 11.3 Å². The normalized spacial score (nSPS) is 10.2. The van der Waals surface area contributed by atoms with Crippen LogP contribution in [0.3, 0.4) is 0 Å². The number of carbonyl (C=O) groups excluding carboxylic acids is 2. The fraction of sp³-hybridized carbons (Fsp3) is 0.267. The van der Waals surface area contributed by atoms with E-state index in [0.29, 0.717) is 24.1 Å². The first-order valence-corrected chi connectivity index (χ1v) is 7.35. The number of hydrogen-bond acceptors (Lipinski definition) is 5. The monoisotopic (exact) mass is 304 g/mol. The molecule has 0 spiro atoms. The Morgan fingerprint density at radius 1 is 1.29 bits per heavy atom. The van der Waals surface area contributed by atoms with Crippen molar-refractivity contribution in [3.63, 3.8) is 0 Å². The molecule has 2 rings (SSSR count). The van der Waals surface area contributed by atoms with Gasteiger partial charge in [-0.1, -0.05) is 0 Å². The molecule has 6 heteroatoms. The van der Waals surface area contributed by atoms with Crippen LogP contribution in [-0.2, 0) is 16.0 Å². The average molecular weight is 304 g/mol. The van der Waals surface area contributed by atoms with Gasteiger partial charge < -0.3 is 10.1 Å². The summed E-state index contributed by atoms with van der Waals surface area (Å²) >= 11 is 1.58. The van der Waals surface area contributed by atoms with E-state index in [1.807, 2.05) is 12.3 Å². The summed E-state index contributed by atoms with van der Waals surface area (Å²) in [6, 6.07) is 6.59. The van der Waals surface area contributed by atoms with Crippen molar-refractivity contribution < 1.29 is 14.3 Å². The molecule has 1 N–H and O–H groups in total. The van der Waals surface area contributed by atoms with Crippen molar-refractivity contribution in [2.75, 3.05) is 12.4 Å². The molecule has 1 heterocycles. The van der Waals surface area contributed by atoms with Gasteiger partial charge in [0.1, 0.15) is 0 Å². The number of methoxy groups -OCH3 is 1. The zero-order chi connectivity index (χ0) is 15.2. The molecule has 5 nitrogen and oxygen atoms in total. The van der Waals surface area contributed by atoms with E-state index in [9.17, 15) is 9.59 Å². The third-order valence-electron chi connectivity index (χ3n) is 2.86. The molecule has 0 fully saturated rings. The maximum Gasteiger partial charge on any atom is 0.337 e. The lowest BCUT2D eigenvalue weighted by Crippen LogP contribution is -2.12. The minimum absolute atomic E-state index is 0.0773. The van der Waals surface area contributed by atoms with Gasteiger partial charge in [-0.2, -0.15) is 0 Å². The molecule has 0 saturated heterocycles. The van der Waals surface area contributed by atoms with Crippen LogP contribution in [0.25, 0.3) is 0 Å². The summed E-state index contributed by atoms with van der Waals surface area (Å²) < 4.78 is 4.61. The van der Waals surface area contributed by atoms with Gasteiger partial charge in [-0.25, -0.2) is 9.78 Å². The molecule has 0 aliphatic heterocycles. The van der Waals surface area contributed by atoms with Gasteiger partial charge in [0.15, 0.2) is 0 Å². The largest absolute Gasteiger partial charge is 0.465 e. The lowest BCUT2D eigenvalue weighted by Gasteiger charge is -2.05. The molecule has 0 aliphatic carbocycles. The first kappa shape index (κ1) is 15.2. The van der Waals surface area contributed by atoms with Crippen LogP contribution in [0.4, 0.5) is 5.69 Å². The Bertz CT molecular complexity index is 635. The van der Waals surface area contributed by atoms with Gasteiger partial charge in [0.25, 0.3) is 0 Å². The van der Waals surface area contributed by atoms with Crippen LogP contribution in [0.5, 0.6) is 0 Å². The Morgan fingerprint density at radius 2 is 2.00 bits per heavy atom. The van der Waals surface area contributed by atoms with Gasteiger partial charge in [0.2, 0.25) is 5.91 Å². The van der Waals surface area contributed by atoms with Crippen molar-refractivity contribution in [2.24, 2.45) is 0 Å². The Labute approximate surface area is 127 Å². The summed E-state index contributed by atoms with van der Waals surface area (Å²) in [6.07, 6.45) is 0.998. The van der Waals surface area contributed by atoms with Gasteiger partial charge in [-0.3, -0.25) is 4.79 Å². The van der Waals surface area contributed by atoms with Crippen molar-refractivity contribution in [3.05, 3.63) is 45.9 Å². The van der Waals surface area contributed by atoms with E-state index < -0.39 is 5.97 Å². The van der Waals surface area contributed by atoms with Crippen LogP contribution >= 0.6 is 11.3 Å². The summed E-state index contributed by atoms with van der Waals surface area (Å²) in [5.41, 5.74) is 2.05. The van der Waals surface area contributed by atoms with Gasteiger partial charge in [0.05, 0.1) is 23.4 Å². The van der Waals surface area contributed by atoms with Crippen molar-refractivity contribution in [2.45, 2.75) is 19.8 Å². The van der Waals surface area contributed by atoms with Crippen molar-refractivity contribution >= 4 is 28.9 Å². The van der Waals surface area contributed by atoms with E-state index >= 15 is 0 Å². The predicted molar refractivity (Wildman–Crippen MR) is 81.6 cm³/mol. The van der Waals surface area contributed by atoms with Gasteiger partial charge >= 0.3 is 5.97 Å². The molecule has 0 atom stereocenters. The second kappa shape index (κ2) is 6.99. The highest BCUT2D eigenvalue weighted by Gasteiger charge is 2.07. The first-order chi connectivity index (χ1) is 10.1. The van der Waals surface area contributed by atoms with E-state index in [2.05, 4.69) is 15.0 Å². The first-order valence-electron chi connectivity index (χ1n) is 6.47. The fourth-order valence-electron chi connectivity index (χ4n) is 1.80. The zero-order valence-corrected chi connectivity index (χ0v) is 12.7. The van der Waals surface area contributed by atoms with Crippen molar-refractivity contribution in [1.82, 2.24) is 4.98 Å². The van der Waals surface area contributed by atoms with Crippen molar-refractivity contribution in [1.29, 1.82) is 0 Å². The summed E-state index contributed by atoms with van der Waals surface area (Å²) in [7, 11) is 1.33. The maximum atomic E-state index is 11.8. The maximum absolute atomic E-state index is 11.8. The number of amides is 1. The lowest BCUT2D eigenvalue weighted by atomic mass is 10.2. The summed E-state index contributed by atoms with van der Waals surface area (Å²) in [6.45, 7) is 1.94.